The SMILES string of the molecule is COc1ccc(C(=O)N(Cc2cccc(OCCc3ccccc3F)c2)CC2CCCO2)cc1. The van der Waals surface area contributed by atoms with Gasteiger partial charge in [-0.3, -0.25) is 4.79 Å². The lowest BCUT2D eigenvalue weighted by Crippen LogP contribution is -2.37. The quantitative estimate of drug-likeness (QED) is 0.411. The van der Waals surface area contributed by atoms with Gasteiger partial charge in [-0.2, -0.15) is 0 Å². The van der Waals surface area contributed by atoms with E-state index in [0.29, 0.717) is 48.7 Å². The number of amides is 1. The van der Waals surface area contributed by atoms with E-state index in [1.165, 1.54) is 6.07 Å². The Morgan fingerprint density at radius 2 is 1.88 bits per heavy atom. The Morgan fingerprint density at radius 3 is 2.62 bits per heavy atom. The fourth-order valence-corrected chi connectivity index (χ4v) is 4.10. The van der Waals surface area contributed by atoms with Gasteiger partial charge in [0, 0.05) is 31.7 Å². The monoisotopic (exact) mass is 463 g/mol. The number of hydrogen-bond acceptors (Lipinski definition) is 4. The van der Waals surface area contributed by atoms with Crippen molar-refractivity contribution in [2.75, 3.05) is 26.9 Å². The molecule has 1 fully saturated rings. The van der Waals surface area contributed by atoms with Gasteiger partial charge < -0.3 is 19.1 Å². The molecule has 6 heteroatoms. The highest BCUT2D eigenvalue weighted by atomic mass is 19.1. The van der Waals surface area contributed by atoms with Gasteiger partial charge in [-0.15, -0.1) is 0 Å². The van der Waals surface area contributed by atoms with Crippen LogP contribution in [0.4, 0.5) is 4.39 Å². The maximum atomic E-state index is 13.8. The topological polar surface area (TPSA) is 48.0 Å². The summed E-state index contributed by atoms with van der Waals surface area (Å²) in [6, 6.07) is 21.6. The summed E-state index contributed by atoms with van der Waals surface area (Å²) >= 11 is 0. The van der Waals surface area contributed by atoms with E-state index in [1.54, 1.807) is 43.5 Å². The molecule has 0 radical (unpaired) electrons. The maximum absolute atomic E-state index is 13.8. The molecule has 178 valence electrons. The molecule has 34 heavy (non-hydrogen) atoms. The van der Waals surface area contributed by atoms with Crippen LogP contribution in [0.1, 0.15) is 34.3 Å². The minimum absolute atomic E-state index is 0.0439. The number of carbonyl (C=O) groups is 1. The lowest BCUT2D eigenvalue weighted by Gasteiger charge is -2.26. The van der Waals surface area contributed by atoms with E-state index in [1.807, 2.05) is 35.2 Å². The van der Waals surface area contributed by atoms with Gasteiger partial charge in [-0.1, -0.05) is 30.3 Å². The molecule has 1 atom stereocenters. The van der Waals surface area contributed by atoms with Gasteiger partial charge in [0.2, 0.25) is 0 Å². The number of hydrogen-bond donors (Lipinski definition) is 0. The third kappa shape index (κ3) is 6.35. The predicted molar refractivity (Wildman–Crippen MR) is 129 cm³/mol. The van der Waals surface area contributed by atoms with Crippen LogP contribution >= 0.6 is 0 Å². The van der Waals surface area contributed by atoms with Crippen molar-refractivity contribution in [1.82, 2.24) is 4.90 Å². The van der Waals surface area contributed by atoms with Crippen LogP contribution in [-0.2, 0) is 17.7 Å². The van der Waals surface area contributed by atoms with E-state index < -0.39 is 0 Å². The van der Waals surface area contributed by atoms with Crippen molar-refractivity contribution in [3.8, 4) is 11.5 Å². The highest BCUT2D eigenvalue weighted by Crippen LogP contribution is 2.21. The van der Waals surface area contributed by atoms with Gasteiger partial charge in [0.05, 0.1) is 19.8 Å². The van der Waals surface area contributed by atoms with Crippen molar-refractivity contribution >= 4 is 5.91 Å². The summed E-state index contributed by atoms with van der Waals surface area (Å²) in [6.45, 7) is 2.08. The van der Waals surface area contributed by atoms with Gasteiger partial charge in [-0.05, 0) is 66.4 Å². The molecule has 0 aromatic heterocycles. The second-order valence-corrected chi connectivity index (χ2v) is 8.39. The second kappa shape index (κ2) is 11.7. The van der Waals surface area contributed by atoms with E-state index >= 15 is 0 Å². The molecule has 0 spiro atoms. The summed E-state index contributed by atoms with van der Waals surface area (Å²) in [5, 5.41) is 0. The largest absolute Gasteiger partial charge is 0.497 e. The van der Waals surface area contributed by atoms with Gasteiger partial charge in [0.1, 0.15) is 17.3 Å². The number of ether oxygens (including phenoxy) is 3. The van der Waals surface area contributed by atoms with Crippen LogP contribution in [0, 0.1) is 5.82 Å². The average molecular weight is 464 g/mol. The highest BCUT2D eigenvalue weighted by Gasteiger charge is 2.24. The highest BCUT2D eigenvalue weighted by molar-refractivity contribution is 5.94. The fourth-order valence-electron chi connectivity index (χ4n) is 4.10. The smallest absolute Gasteiger partial charge is 0.254 e. The lowest BCUT2D eigenvalue weighted by molar-refractivity contribution is 0.0507. The number of carbonyl (C=O) groups excluding carboxylic acids is 1. The average Bonchev–Trinajstić information content (AvgIpc) is 3.38. The Hall–Kier alpha value is -3.38. The van der Waals surface area contributed by atoms with E-state index in [9.17, 15) is 9.18 Å². The molecule has 3 aromatic carbocycles. The van der Waals surface area contributed by atoms with Crippen molar-refractivity contribution in [3.63, 3.8) is 0 Å². The molecule has 1 saturated heterocycles. The normalized spacial score (nSPS) is 15.2. The zero-order chi connectivity index (χ0) is 23.8. The lowest BCUT2D eigenvalue weighted by atomic mass is 10.1. The number of nitrogens with zero attached hydrogens (tertiary/aromatic N) is 1. The second-order valence-electron chi connectivity index (χ2n) is 8.39. The molecular weight excluding hydrogens is 433 g/mol. The first kappa shape index (κ1) is 23.8. The molecule has 3 aromatic rings. The molecule has 5 nitrogen and oxygen atoms in total. The Morgan fingerprint density at radius 1 is 1.06 bits per heavy atom. The van der Waals surface area contributed by atoms with Crippen LogP contribution in [-0.4, -0.2) is 43.8 Å². The molecule has 1 heterocycles. The molecule has 0 N–H and O–H groups in total. The molecular formula is C28H30FNO4. The number of benzene rings is 3. The standard InChI is InChI=1S/C28H30FNO4/c1-32-24-13-11-23(12-14-24)28(31)30(20-26-9-5-16-33-26)19-21-6-4-8-25(18-21)34-17-15-22-7-2-3-10-27(22)29/h2-4,6-8,10-14,18,26H,5,9,15-17,19-20H2,1H3. The summed E-state index contributed by atoms with van der Waals surface area (Å²) in [7, 11) is 1.60. The van der Waals surface area contributed by atoms with E-state index in [4.69, 9.17) is 14.2 Å². The fraction of sp³-hybridized carbons (Fsp3) is 0.321. The minimum atomic E-state index is -0.221. The van der Waals surface area contributed by atoms with Crippen LogP contribution in [0.2, 0.25) is 0 Å². The zero-order valence-corrected chi connectivity index (χ0v) is 19.4. The Balaban J connectivity index is 1.43. The first-order valence-corrected chi connectivity index (χ1v) is 11.6. The van der Waals surface area contributed by atoms with Crippen molar-refractivity contribution < 1.29 is 23.4 Å². The van der Waals surface area contributed by atoms with Crippen LogP contribution in [0.5, 0.6) is 11.5 Å². The number of methoxy groups -OCH3 is 1. The summed E-state index contributed by atoms with van der Waals surface area (Å²) < 4.78 is 30.7. The Bertz CT molecular complexity index is 1080. The van der Waals surface area contributed by atoms with Crippen LogP contribution < -0.4 is 9.47 Å². The third-order valence-corrected chi connectivity index (χ3v) is 5.94. The molecule has 4 rings (SSSR count). The molecule has 1 amide bonds. The summed E-state index contributed by atoms with van der Waals surface area (Å²) in [4.78, 5) is 15.2. The molecule has 0 saturated carbocycles. The van der Waals surface area contributed by atoms with Gasteiger partial charge in [0.15, 0.2) is 0 Å². The first-order chi connectivity index (χ1) is 16.6. The summed E-state index contributed by atoms with van der Waals surface area (Å²) in [6.07, 6.45) is 2.49. The molecule has 1 aliphatic rings. The van der Waals surface area contributed by atoms with E-state index in [0.717, 1.165) is 25.0 Å². The Kier molecular flexibility index (Phi) is 8.15. The molecule has 0 aliphatic carbocycles. The summed E-state index contributed by atoms with van der Waals surface area (Å²) in [5.41, 5.74) is 2.20. The first-order valence-electron chi connectivity index (χ1n) is 11.6. The Labute approximate surface area is 200 Å². The zero-order valence-electron chi connectivity index (χ0n) is 19.4. The molecule has 0 bridgehead atoms. The number of rotatable bonds is 10. The summed E-state index contributed by atoms with van der Waals surface area (Å²) in [5.74, 6) is 1.14. The van der Waals surface area contributed by atoms with Crippen LogP contribution in [0.3, 0.4) is 0 Å². The minimum Gasteiger partial charge on any atom is -0.497 e. The van der Waals surface area contributed by atoms with E-state index in [2.05, 4.69) is 0 Å². The van der Waals surface area contributed by atoms with Crippen LogP contribution in [0.15, 0.2) is 72.8 Å². The van der Waals surface area contributed by atoms with Gasteiger partial charge in [-0.25, -0.2) is 4.39 Å². The van der Waals surface area contributed by atoms with E-state index in [-0.39, 0.29) is 17.8 Å². The molecule has 1 aliphatic heterocycles. The van der Waals surface area contributed by atoms with Crippen molar-refractivity contribution in [3.05, 3.63) is 95.3 Å². The number of halogens is 1. The van der Waals surface area contributed by atoms with Gasteiger partial charge >= 0.3 is 0 Å². The van der Waals surface area contributed by atoms with Crippen molar-refractivity contribution in [2.24, 2.45) is 0 Å². The third-order valence-electron chi connectivity index (χ3n) is 5.94. The maximum Gasteiger partial charge on any atom is 0.254 e. The predicted octanol–water partition coefficient (Wildman–Crippen LogP) is 5.28. The molecule has 1 unspecified atom stereocenters. The van der Waals surface area contributed by atoms with Crippen molar-refractivity contribution in [1.29, 1.82) is 0 Å². The van der Waals surface area contributed by atoms with Gasteiger partial charge in [0.25, 0.3) is 5.91 Å². The van der Waals surface area contributed by atoms with Crippen molar-refractivity contribution in [2.45, 2.75) is 31.9 Å². The van der Waals surface area contributed by atoms with Crippen LogP contribution in [0.25, 0.3) is 0 Å².